The molecule has 0 radical (unpaired) electrons. The van der Waals surface area contributed by atoms with Crippen LogP contribution in [0.1, 0.15) is 441 Å². The Kier molecular flexibility index (Phi) is 65.5. The normalized spacial score (nSPS) is 12.4. The highest BCUT2D eigenvalue weighted by molar-refractivity contribution is 5.86. The van der Waals surface area contributed by atoms with Gasteiger partial charge in [-0.25, -0.2) is 19.2 Å². The molecule has 1 rings (SSSR count). The van der Waals surface area contributed by atoms with Crippen molar-refractivity contribution < 1.29 is 105 Å². The molecular formula is C107H191N7O22. The predicted molar refractivity (Wildman–Crippen MR) is 537 cm³/mol. The third kappa shape index (κ3) is 78.8. The van der Waals surface area contributed by atoms with Gasteiger partial charge < -0.3 is 78.6 Å². The van der Waals surface area contributed by atoms with Gasteiger partial charge in [0.05, 0.1) is 11.8 Å². The Morgan fingerprint density at radius 3 is 0.779 bits per heavy atom. The number of ketones is 2. The summed E-state index contributed by atoms with van der Waals surface area (Å²) in [5.74, 6) is -3.39. The molecule has 786 valence electrons. The van der Waals surface area contributed by atoms with Gasteiger partial charge in [0.2, 0.25) is 11.8 Å². The number of ether oxygens (including phenoxy) is 9. The molecule has 0 aliphatic heterocycles. The number of esters is 5. The van der Waals surface area contributed by atoms with Crippen molar-refractivity contribution in [2.75, 3.05) is 72.0 Å². The van der Waals surface area contributed by atoms with Crippen molar-refractivity contribution in [1.82, 2.24) is 30.2 Å². The minimum absolute atomic E-state index is 0.00309. The SMILES string of the molecule is CC(C)(C)OC(=O)CCCCCCCCCCCCCC(=O)C[C@@H](CCC(=O)NCCCN(CCCCN(CCCCC(=O)OCc1ccccc1)C(=O)OC(C)(C)C)C(=O)OC(C)(C)C)C(=O)OC(C)(C)C.CC(C)(C)OC(=O)CCCCCCCCCCCCCC(=O)C[C@@H](CCC(=O)NCCCN(CCCCN(CCCN)C(=O)OC(C)(C)C)C(=O)OC(C)(C)C)C(=O)OC(C)(C)C. The number of Topliss-reactive ketones (excluding diaryl/α,β-unsaturated/α-hetero) is 2. The number of benzene rings is 1. The molecule has 29 nitrogen and oxygen atoms in total. The maximum atomic E-state index is 13.3. The van der Waals surface area contributed by atoms with Crippen molar-refractivity contribution in [3.05, 3.63) is 35.9 Å². The van der Waals surface area contributed by atoms with Gasteiger partial charge in [-0.3, -0.25) is 43.2 Å². The zero-order chi connectivity index (χ0) is 103. The molecule has 0 fully saturated rings. The zero-order valence-corrected chi connectivity index (χ0v) is 89.6. The number of amides is 6. The second kappa shape index (κ2) is 69.7. The van der Waals surface area contributed by atoms with Crippen LogP contribution in [0.5, 0.6) is 0 Å². The van der Waals surface area contributed by atoms with Crippen molar-refractivity contribution in [3.8, 4) is 0 Å². The van der Waals surface area contributed by atoms with E-state index in [1.165, 1.54) is 44.9 Å². The van der Waals surface area contributed by atoms with E-state index in [1.807, 2.05) is 134 Å². The zero-order valence-electron chi connectivity index (χ0n) is 89.6. The molecular weight excluding hydrogens is 1740 g/mol. The number of carbonyl (C=O) groups is 13. The first-order chi connectivity index (χ1) is 63.3. The van der Waals surface area contributed by atoms with Gasteiger partial charge in [-0.1, -0.05) is 146 Å². The summed E-state index contributed by atoms with van der Waals surface area (Å²) in [6.07, 6.45) is 29.3. The Morgan fingerprint density at radius 2 is 0.507 bits per heavy atom. The van der Waals surface area contributed by atoms with E-state index in [9.17, 15) is 62.3 Å². The third-order valence-corrected chi connectivity index (χ3v) is 21.0. The first kappa shape index (κ1) is 128. The molecule has 136 heavy (non-hydrogen) atoms. The number of nitrogens with two attached hydrogens (primary N) is 1. The van der Waals surface area contributed by atoms with E-state index in [2.05, 4.69) is 10.6 Å². The van der Waals surface area contributed by atoms with Crippen LogP contribution in [0.3, 0.4) is 0 Å². The quantitative estimate of drug-likeness (QED) is 0.0310. The van der Waals surface area contributed by atoms with E-state index in [0.29, 0.717) is 149 Å². The minimum atomic E-state index is -0.735. The number of rotatable bonds is 68. The van der Waals surface area contributed by atoms with Gasteiger partial charge >= 0.3 is 54.2 Å². The van der Waals surface area contributed by atoms with Crippen molar-refractivity contribution in [2.24, 2.45) is 17.6 Å². The van der Waals surface area contributed by atoms with Crippen molar-refractivity contribution in [1.29, 1.82) is 0 Å². The number of nitrogens with one attached hydrogen (secondary N) is 2. The van der Waals surface area contributed by atoms with Gasteiger partial charge in [-0.15, -0.1) is 0 Å². The molecule has 0 bridgehead atoms. The Balaban J connectivity index is 0.00000271. The molecule has 0 saturated heterocycles. The number of hydrogen-bond acceptors (Lipinski definition) is 23. The third-order valence-electron chi connectivity index (χ3n) is 21.0. The van der Waals surface area contributed by atoms with Gasteiger partial charge in [0.15, 0.2) is 0 Å². The molecule has 0 unspecified atom stereocenters. The van der Waals surface area contributed by atoms with Crippen molar-refractivity contribution in [3.63, 3.8) is 0 Å². The molecule has 1 aromatic rings. The van der Waals surface area contributed by atoms with E-state index >= 15 is 0 Å². The summed E-state index contributed by atoms with van der Waals surface area (Å²) in [6.45, 7) is 48.3. The van der Waals surface area contributed by atoms with Crippen LogP contribution < -0.4 is 16.4 Å². The molecule has 4 N–H and O–H groups in total. The average Bonchev–Trinajstić information content (AvgIpc) is 0.909. The summed E-state index contributed by atoms with van der Waals surface area (Å²) in [7, 11) is 0. The van der Waals surface area contributed by atoms with E-state index in [0.717, 1.165) is 102 Å². The van der Waals surface area contributed by atoms with Crippen LogP contribution in [-0.2, 0) is 92.4 Å². The highest BCUT2D eigenvalue weighted by atomic mass is 16.6. The molecule has 0 aromatic heterocycles. The van der Waals surface area contributed by atoms with Crippen LogP contribution in [0.2, 0.25) is 0 Å². The Hall–Kier alpha value is -8.11. The van der Waals surface area contributed by atoms with Gasteiger partial charge in [0.25, 0.3) is 0 Å². The summed E-state index contributed by atoms with van der Waals surface area (Å²) in [5, 5.41) is 5.81. The molecule has 0 aliphatic carbocycles. The summed E-state index contributed by atoms with van der Waals surface area (Å²) in [5.41, 5.74) is 1.61. The fraction of sp³-hybridized carbons (Fsp3) is 0.822. The summed E-state index contributed by atoms with van der Waals surface area (Å²) >= 11 is 0. The van der Waals surface area contributed by atoms with Gasteiger partial charge in [-0.2, -0.15) is 0 Å². The minimum Gasteiger partial charge on any atom is -0.461 e. The molecule has 2 atom stereocenters. The Bertz CT molecular complexity index is 3540. The molecule has 0 aliphatic rings. The van der Waals surface area contributed by atoms with Crippen LogP contribution in [-0.4, -0.2) is 214 Å². The second-order valence-corrected chi connectivity index (χ2v) is 44.4. The standard InChI is InChI=1S/C58H99N3O12.C49H92N4O10/c1-55(2,3)70-51(65)36-26-21-19-17-15-13-14-16-18-20-25-34-48(62)44-47(52(66)71-56(4,5)6)37-38-49(63)59-39-31-43-61(54(68)73-58(10,11)12)42-30-29-41-60(53(67)72-57(7,8)9)40-28-27-35-50(64)69-45-46-32-23-22-24-33-46;1-46(2,3)60-42(56)29-23-21-19-17-15-13-14-16-18-20-22-28-40(54)38-39(43(57)61-47(4,5)6)30-31-41(55)51-33-27-37-53(45(59)63-49(10,11)12)35-25-24-34-52(36-26-32-50)44(58)62-48(7,8)9/h22-24,32-33,47H,13-21,25-31,34-45H2,1-12H3,(H,59,63);39H,13-38,50H2,1-12H3,(H,51,55)/t47-;39-/m11/s1. The lowest BCUT2D eigenvalue weighted by molar-refractivity contribution is -0.162. The fourth-order valence-corrected chi connectivity index (χ4v) is 14.4. The van der Waals surface area contributed by atoms with E-state index in [4.69, 9.17) is 48.4 Å². The van der Waals surface area contributed by atoms with E-state index < -0.39 is 86.9 Å². The second-order valence-electron chi connectivity index (χ2n) is 44.4. The van der Waals surface area contributed by atoms with Gasteiger partial charge in [-0.05, 0) is 275 Å². The van der Waals surface area contributed by atoms with E-state index in [-0.39, 0.29) is 105 Å². The molecule has 1 aromatic carbocycles. The number of nitrogens with zero attached hydrogens (tertiary/aromatic N) is 4. The van der Waals surface area contributed by atoms with Crippen LogP contribution >= 0.6 is 0 Å². The smallest absolute Gasteiger partial charge is 0.410 e. The molecule has 6 amide bonds. The van der Waals surface area contributed by atoms with Crippen molar-refractivity contribution in [2.45, 2.75) is 487 Å². The average molecular weight is 1930 g/mol. The first-order valence-electron chi connectivity index (χ1n) is 51.6. The van der Waals surface area contributed by atoms with Gasteiger partial charge in [0.1, 0.15) is 63.0 Å². The monoisotopic (exact) mass is 1930 g/mol. The number of unbranched alkanes of at least 4 members (excludes halogenated alkanes) is 23. The molecule has 29 heteroatoms. The molecule has 0 spiro atoms. The lowest BCUT2D eigenvalue weighted by Gasteiger charge is -2.29. The highest BCUT2D eigenvalue weighted by Crippen LogP contribution is 2.26. The van der Waals surface area contributed by atoms with Crippen LogP contribution in [0.4, 0.5) is 19.2 Å². The topological polar surface area (TPSA) is 368 Å². The van der Waals surface area contributed by atoms with E-state index in [1.54, 1.807) is 81.9 Å². The molecule has 0 saturated carbocycles. The lowest BCUT2D eigenvalue weighted by atomic mass is 9.94. The number of carbonyl (C=O) groups excluding carboxylic acids is 13. The maximum Gasteiger partial charge on any atom is 0.410 e. The fourth-order valence-electron chi connectivity index (χ4n) is 14.4. The van der Waals surface area contributed by atoms with Gasteiger partial charge in [0, 0.05) is 123 Å². The molecule has 0 heterocycles. The lowest BCUT2D eigenvalue weighted by Crippen LogP contribution is -2.40. The highest BCUT2D eigenvalue weighted by Gasteiger charge is 2.33. The largest absolute Gasteiger partial charge is 0.461 e. The maximum absolute atomic E-state index is 13.3. The predicted octanol–water partition coefficient (Wildman–Crippen LogP) is 23.0. The van der Waals surface area contributed by atoms with Crippen LogP contribution in [0.15, 0.2) is 30.3 Å². The Labute approximate surface area is 821 Å². The summed E-state index contributed by atoms with van der Waals surface area (Å²) < 4.78 is 50.0. The summed E-state index contributed by atoms with van der Waals surface area (Å²) in [4.78, 5) is 173. The summed E-state index contributed by atoms with van der Waals surface area (Å²) in [6, 6.07) is 9.49. The first-order valence-corrected chi connectivity index (χ1v) is 51.6. The van der Waals surface area contributed by atoms with Crippen LogP contribution in [0.25, 0.3) is 0 Å². The number of hydrogen-bond donors (Lipinski definition) is 3. The Morgan fingerprint density at radius 1 is 0.272 bits per heavy atom. The van der Waals surface area contributed by atoms with Crippen molar-refractivity contribution >= 4 is 77.6 Å². The van der Waals surface area contributed by atoms with Crippen LogP contribution in [0, 0.1) is 11.8 Å².